The van der Waals surface area contributed by atoms with E-state index in [1.54, 1.807) is 24.2 Å². The predicted octanol–water partition coefficient (Wildman–Crippen LogP) is 2.56. The predicted molar refractivity (Wildman–Crippen MR) is 100 cm³/mol. The van der Waals surface area contributed by atoms with Gasteiger partial charge in [0.05, 0.1) is 5.25 Å². The van der Waals surface area contributed by atoms with E-state index in [0.29, 0.717) is 13.0 Å². The second-order valence-electron chi connectivity index (χ2n) is 7.31. The third-order valence-electron chi connectivity index (χ3n) is 5.71. The van der Waals surface area contributed by atoms with Gasteiger partial charge in [0.2, 0.25) is 11.8 Å². The number of rotatable bonds is 4. The summed E-state index contributed by atoms with van der Waals surface area (Å²) in [7, 11) is 0. The van der Waals surface area contributed by atoms with Gasteiger partial charge in [0, 0.05) is 45.0 Å². The molecule has 0 aliphatic carbocycles. The number of amides is 2. The van der Waals surface area contributed by atoms with E-state index in [0.717, 1.165) is 44.5 Å². The van der Waals surface area contributed by atoms with Crippen LogP contribution in [-0.2, 0) is 16.1 Å². The van der Waals surface area contributed by atoms with Crippen LogP contribution in [-0.4, -0.2) is 57.7 Å². The van der Waals surface area contributed by atoms with Gasteiger partial charge in [-0.25, -0.2) is 0 Å². The number of pyridine rings is 1. The van der Waals surface area contributed by atoms with Crippen molar-refractivity contribution in [2.75, 3.05) is 25.9 Å². The summed E-state index contributed by atoms with van der Waals surface area (Å²) in [5, 5.41) is 0.0326. The van der Waals surface area contributed by atoms with E-state index in [4.69, 9.17) is 0 Å². The van der Waals surface area contributed by atoms with Crippen LogP contribution in [0.15, 0.2) is 24.5 Å². The van der Waals surface area contributed by atoms with Gasteiger partial charge in [0.15, 0.2) is 0 Å². The van der Waals surface area contributed by atoms with Crippen molar-refractivity contribution in [3.8, 4) is 0 Å². The topological polar surface area (TPSA) is 53.5 Å². The molecule has 3 heterocycles. The Kier molecular flexibility index (Phi) is 5.67. The van der Waals surface area contributed by atoms with Gasteiger partial charge in [-0.2, -0.15) is 11.8 Å². The number of aromatic nitrogens is 1. The molecule has 0 bridgehead atoms. The third kappa shape index (κ3) is 4.17. The Morgan fingerprint density at radius 3 is 2.60 bits per heavy atom. The summed E-state index contributed by atoms with van der Waals surface area (Å²) < 4.78 is 0. The Bertz CT molecular complexity index is 614. The van der Waals surface area contributed by atoms with Crippen molar-refractivity contribution >= 4 is 23.6 Å². The highest BCUT2D eigenvalue weighted by Gasteiger charge is 2.41. The van der Waals surface area contributed by atoms with Gasteiger partial charge < -0.3 is 9.80 Å². The lowest BCUT2D eigenvalue weighted by atomic mass is 9.72. The molecular weight excluding hydrogens is 334 g/mol. The number of thioether (sulfide) groups is 1. The number of hydrogen-bond donors (Lipinski definition) is 0. The summed E-state index contributed by atoms with van der Waals surface area (Å²) in [6.07, 6.45) is 9.11. The van der Waals surface area contributed by atoms with Gasteiger partial charge in [-0.15, -0.1) is 0 Å². The second kappa shape index (κ2) is 7.77. The largest absolute Gasteiger partial charge is 0.342 e. The monoisotopic (exact) mass is 361 g/mol. The van der Waals surface area contributed by atoms with Crippen molar-refractivity contribution in [3.63, 3.8) is 0 Å². The van der Waals surface area contributed by atoms with E-state index in [2.05, 4.69) is 4.98 Å². The van der Waals surface area contributed by atoms with E-state index in [1.165, 1.54) is 0 Å². The Balaban J connectivity index is 1.61. The molecule has 1 atom stereocenters. The van der Waals surface area contributed by atoms with Crippen molar-refractivity contribution in [1.29, 1.82) is 0 Å². The number of carbonyl (C=O) groups excluding carboxylic acids is 2. The molecule has 6 heteroatoms. The molecule has 5 nitrogen and oxygen atoms in total. The lowest BCUT2D eigenvalue weighted by Crippen LogP contribution is -2.52. The van der Waals surface area contributed by atoms with E-state index < -0.39 is 0 Å². The molecule has 0 saturated carbocycles. The molecule has 1 aromatic rings. The molecule has 1 aromatic heterocycles. The van der Waals surface area contributed by atoms with Crippen LogP contribution < -0.4 is 0 Å². The fourth-order valence-electron chi connectivity index (χ4n) is 3.92. The summed E-state index contributed by atoms with van der Waals surface area (Å²) in [6, 6.07) is 3.94. The Morgan fingerprint density at radius 2 is 1.96 bits per heavy atom. The van der Waals surface area contributed by atoms with Gasteiger partial charge in [-0.05, 0) is 55.6 Å². The molecule has 2 aliphatic heterocycles. The van der Waals surface area contributed by atoms with Gasteiger partial charge in [0.1, 0.15) is 0 Å². The summed E-state index contributed by atoms with van der Waals surface area (Å²) in [5.41, 5.74) is 1.31. The third-order valence-corrected chi connectivity index (χ3v) is 6.62. The molecule has 2 saturated heterocycles. The smallest absolute Gasteiger partial charge is 0.235 e. The second-order valence-corrected chi connectivity index (χ2v) is 8.49. The molecule has 1 spiro atoms. The van der Waals surface area contributed by atoms with Crippen molar-refractivity contribution in [1.82, 2.24) is 14.8 Å². The summed E-state index contributed by atoms with van der Waals surface area (Å²) in [5.74, 6) is 0.500. The van der Waals surface area contributed by atoms with Gasteiger partial charge in [-0.3, -0.25) is 14.6 Å². The number of nitrogens with zero attached hydrogens (tertiary/aromatic N) is 3. The molecule has 1 unspecified atom stereocenters. The molecule has 136 valence electrons. The minimum absolute atomic E-state index is 0.0326. The van der Waals surface area contributed by atoms with Gasteiger partial charge in [-0.1, -0.05) is 0 Å². The Morgan fingerprint density at radius 1 is 1.28 bits per heavy atom. The van der Waals surface area contributed by atoms with E-state index in [1.807, 2.05) is 35.1 Å². The highest BCUT2D eigenvalue weighted by atomic mass is 32.2. The zero-order valence-electron chi connectivity index (χ0n) is 15.1. The molecule has 0 N–H and O–H groups in total. The maximum absolute atomic E-state index is 12.4. The summed E-state index contributed by atoms with van der Waals surface area (Å²) in [6.45, 7) is 5.10. The summed E-state index contributed by atoms with van der Waals surface area (Å²) >= 11 is 1.61. The number of likely N-dealkylation sites (tertiary alicyclic amines) is 2. The van der Waals surface area contributed by atoms with Crippen molar-refractivity contribution in [2.24, 2.45) is 5.41 Å². The van der Waals surface area contributed by atoms with Crippen LogP contribution in [0.3, 0.4) is 0 Å². The normalized spacial score (nSPS) is 21.4. The number of hydrogen-bond acceptors (Lipinski definition) is 4. The molecular formula is C19H27N3O2S. The van der Waals surface area contributed by atoms with Crippen LogP contribution in [0.1, 0.15) is 38.2 Å². The first kappa shape index (κ1) is 18.2. The molecule has 2 aliphatic rings. The summed E-state index contributed by atoms with van der Waals surface area (Å²) in [4.78, 5) is 32.8. The number of piperidine rings is 2. The van der Waals surface area contributed by atoms with Gasteiger partial charge in [0.25, 0.3) is 0 Å². The maximum atomic E-state index is 12.4. The van der Waals surface area contributed by atoms with Crippen LogP contribution >= 0.6 is 11.8 Å². The first-order valence-electron chi connectivity index (χ1n) is 9.01. The Hall–Kier alpha value is -1.56. The van der Waals surface area contributed by atoms with Crippen LogP contribution in [0.4, 0.5) is 0 Å². The standard InChI is InChI=1S/C19H27N3O2S/c1-15(25-2)18(24)21-11-7-19(8-12-21)6-3-17(23)22(14-19)13-16-4-9-20-10-5-16/h4-5,9-10,15H,3,6-8,11-14H2,1-2H3. The van der Waals surface area contributed by atoms with Crippen LogP contribution in [0.2, 0.25) is 0 Å². The molecule has 0 aromatic carbocycles. The van der Waals surface area contributed by atoms with Gasteiger partial charge >= 0.3 is 0 Å². The fourth-order valence-corrected chi connectivity index (χ4v) is 4.27. The lowest BCUT2D eigenvalue weighted by molar-refractivity contribution is -0.142. The van der Waals surface area contributed by atoms with Crippen molar-refractivity contribution < 1.29 is 9.59 Å². The first-order chi connectivity index (χ1) is 12.0. The maximum Gasteiger partial charge on any atom is 0.235 e. The fraction of sp³-hybridized carbons (Fsp3) is 0.632. The highest BCUT2D eigenvalue weighted by molar-refractivity contribution is 7.99. The lowest BCUT2D eigenvalue weighted by Gasteiger charge is -2.47. The average Bonchev–Trinajstić information content (AvgIpc) is 2.65. The van der Waals surface area contributed by atoms with Crippen LogP contribution in [0.5, 0.6) is 0 Å². The van der Waals surface area contributed by atoms with E-state index in [9.17, 15) is 9.59 Å². The molecule has 2 amide bonds. The SMILES string of the molecule is CSC(C)C(=O)N1CCC2(CCC(=O)N(Cc3ccncc3)C2)CC1. The minimum atomic E-state index is 0.0326. The minimum Gasteiger partial charge on any atom is -0.342 e. The zero-order valence-corrected chi connectivity index (χ0v) is 15.9. The van der Waals surface area contributed by atoms with Crippen molar-refractivity contribution in [2.45, 2.75) is 44.4 Å². The van der Waals surface area contributed by atoms with Crippen LogP contribution in [0.25, 0.3) is 0 Å². The van der Waals surface area contributed by atoms with Crippen molar-refractivity contribution in [3.05, 3.63) is 30.1 Å². The number of carbonyl (C=O) groups is 2. The molecule has 25 heavy (non-hydrogen) atoms. The Labute approximate surface area is 154 Å². The molecule has 2 fully saturated rings. The molecule has 3 rings (SSSR count). The average molecular weight is 362 g/mol. The van der Waals surface area contributed by atoms with Crippen LogP contribution in [0, 0.1) is 5.41 Å². The molecule has 0 radical (unpaired) electrons. The highest BCUT2D eigenvalue weighted by Crippen LogP contribution is 2.40. The zero-order chi connectivity index (χ0) is 17.9. The van der Waals surface area contributed by atoms with E-state index >= 15 is 0 Å². The first-order valence-corrected chi connectivity index (χ1v) is 10.3. The quantitative estimate of drug-likeness (QED) is 0.827. The van der Waals surface area contributed by atoms with E-state index in [-0.39, 0.29) is 22.5 Å².